The summed E-state index contributed by atoms with van der Waals surface area (Å²) in [6, 6.07) is 14.4. The summed E-state index contributed by atoms with van der Waals surface area (Å²) in [5.41, 5.74) is 2.45. The first-order valence-corrected chi connectivity index (χ1v) is 10.3. The molecule has 2 aromatic carbocycles. The molecular weight excluding hydrogens is 394 g/mol. The molecule has 0 unspecified atom stereocenters. The number of ether oxygens (including phenoxy) is 1. The molecular formula is C24H31N3O4. The molecule has 0 bridgehead atoms. The van der Waals surface area contributed by atoms with Crippen molar-refractivity contribution in [2.24, 2.45) is 0 Å². The van der Waals surface area contributed by atoms with Crippen molar-refractivity contribution < 1.29 is 19.1 Å². The number of likely N-dealkylation sites (N-methyl/N-ethyl adjacent to an activating group) is 1. The van der Waals surface area contributed by atoms with Crippen LogP contribution in [0.1, 0.15) is 40.2 Å². The highest BCUT2D eigenvalue weighted by Gasteiger charge is 2.17. The molecule has 0 heterocycles. The summed E-state index contributed by atoms with van der Waals surface area (Å²) >= 11 is 0. The Hall–Kier alpha value is -3.35. The van der Waals surface area contributed by atoms with Crippen molar-refractivity contribution in [1.82, 2.24) is 4.90 Å². The van der Waals surface area contributed by atoms with Gasteiger partial charge in [0, 0.05) is 24.8 Å². The summed E-state index contributed by atoms with van der Waals surface area (Å²) < 4.78 is 5.61. The van der Waals surface area contributed by atoms with Gasteiger partial charge >= 0.3 is 0 Å². The normalized spacial score (nSPS) is 10.9. The number of amides is 3. The van der Waals surface area contributed by atoms with E-state index in [9.17, 15) is 14.4 Å². The Labute approximate surface area is 183 Å². The van der Waals surface area contributed by atoms with Crippen LogP contribution in [-0.2, 0) is 19.8 Å². The number of carbonyl (C=O) groups excluding carboxylic acids is 3. The number of hydrogen-bond donors (Lipinski definition) is 2. The molecule has 0 fully saturated rings. The standard InChI is InChI=1S/C24H31N3O4/c1-6-27(15-22(29)26-20-11-9-19(10-12-20)25-17(2)28)23(30)16-31-21-13-7-18(8-14-21)24(3,4)5/h7-14H,6,15-16H2,1-5H3,(H,25,28)(H,26,29). The van der Waals surface area contributed by atoms with Crippen LogP contribution in [-0.4, -0.2) is 42.3 Å². The summed E-state index contributed by atoms with van der Waals surface area (Å²) in [5, 5.41) is 5.41. The summed E-state index contributed by atoms with van der Waals surface area (Å²) in [5.74, 6) is -0.127. The molecule has 2 N–H and O–H groups in total. The predicted octanol–water partition coefficient (Wildman–Crippen LogP) is 3.81. The summed E-state index contributed by atoms with van der Waals surface area (Å²) in [6.07, 6.45) is 0. The zero-order valence-corrected chi connectivity index (χ0v) is 18.8. The van der Waals surface area contributed by atoms with Gasteiger partial charge in [0.05, 0.1) is 6.54 Å². The van der Waals surface area contributed by atoms with Gasteiger partial charge < -0.3 is 20.3 Å². The first-order chi connectivity index (χ1) is 14.6. The SMILES string of the molecule is CCN(CC(=O)Nc1ccc(NC(C)=O)cc1)C(=O)COc1ccc(C(C)(C)C)cc1. The number of nitrogens with zero attached hydrogens (tertiary/aromatic N) is 1. The molecule has 31 heavy (non-hydrogen) atoms. The molecule has 166 valence electrons. The van der Waals surface area contributed by atoms with Crippen LogP contribution in [0.2, 0.25) is 0 Å². The first kappa shape index (κ1) is 23.9. The summed E-state index contributed by atoms with van der Waals surface area (Å²) in [6.45, 7) is 9.81. The van der Waals surface area contributed by atoms with Crippen molar-refractivity contribution in [3.8, 4) is 5.75 Å². The van der Waals surface area contributed by atoms with Crippen LogP contribution in [0.3, 0.4) is 0 Å². The van der Waals surface area contributed by atoms with Crippen LogP contribution in [0, 0.1) is 0 Å². The molecule has 3 amide bonds. The van der Waals surface area contributed by atoms with Gasteiger partial charge in [-0.25, -0.2) is 0 Å². The fourth-order valence-corrected chi connectivity index (χ4v) is 2.88. The topological polar surface area (TPSA) is 87.7 Å². The summed E-state index contributed by atoms with van der Waals surface area (Å²) in [4.78, 5) is 37.3. The van der Waals surface area contributed by atoms with Gasteiger partial charge in [-0.15, -0.1) is 0 Å². The molecule has 0 aromatic heterocycles. The number of hydrogen-bond acceptors (Lipinski definition) is 4. The molecule has 0 saturated carbocycles. The van der Waals surface area contributed by atoms with Gasteiger partial charge in [-0.05, 0) is 54.3 Å². The van der Waals surface area contributed by atoms with Crippen LogP contribution in [0.5, 0.6) is 5.75 Å². The van der Waals surface area contributed by atoms with Gasteiger partial charge in [0.25, 0.3) is 5.91 Å². The molecule has 0 aliphatic carbocycles. The third-order valence-corrected chi connectivity index (χ3v) is 4.64. The van der Waals surface area contributed by atoms with Crippen molar-refractivity contribution >= 4 is 29.1 Å². The Kier molecular flexibility index (Phi) is 8.19. The molecule has 7 heteroatoms. The minimum absolute atomic E-state index is 0.0466. The molecule has 0 saturated heterocycles. The lowest BCUT2D eigenvalue weighted by Crippen LogP contribution is -2.40. The van der Waals surface area contributed by atoms with E-state index in [2.05, 4.69) is 31.4 Å². The lowest BCUT2D eigenvalue weighted by Gasteiger charge is -2.21. The second-order valence-electron chi connectivity index (χ2n) is 8.28. The number of benzene rings is 2. The van der Waals surface area contributed by atoms with E-state index < -0.39 is 0 Å². The lowest BCUT2D eigenvalue weighted by molar-refractivity contribution is -0.136. The van der Waals surface area contributed by atoms with E-state index in [0.717, 1.165) is 0 Å². The van der Waals surface area contributed by atoms with E-state index in [1.165, 1.54) is 17.4 Å². The molecule has 2 rings (SSSR count). The Morgan fingerprint density at radius 1 is 0.903 bits per heavy atom. The second-order valence-corrected chi connectivity index (χ2v) is 8.28. The summed E-state index contributed by atoms with van der Waals surface area (Å²) in [7, 11) is 0. The zero-order valence-electron chi connectivity index (χ0n) is 18.8. The average molecular weight is 426 g/mol. The van der Waals surface area contributed by atoms with E-state index in [1.54, 1.807) is 24.3 Å². The minimum atomic E-state index is -0.308. The van der Waals surface area contributed by atoms with Crippen molar-refractivity contribution in [2.75, 3.05) is 30.3 Å². The number of rotatable bonds is 8. The first-order valence-electron chi connectivity index (χ1n) is 10.3. The number of nitrogens with one attached hydrogen (secondary N) is 2. The third kappa shape index (κ3) is 7.77. The van der Waals surface area contributed by atoms with E-state index in [1.807, 2.05) is 31.2 Å². The monoisotopic (exact) mass is 425 g/mol. The van der Waals surface area contributed by atoms with Gasteiger partial charge in [-0.1, -0.05) is 32.9 Å². The maximum atomic E-state index is 12.5. The van der Waals surface area contributed by atoms with Crippen LogP contribution in [0.4, 0.5) is 11.4 Å². The van der Waals surface area contributed by atoms with E-state index in [0.29, 0.717) is 23.7 Å². The van der Waals surface area contributed by atoms with Gasteiger partial charge in [0.15, 0.2) is 6.61 Å². The van der Waals surface area contributed by atoms with E-state index >= 15 is 0 Å². The number of carbonyl (C=O) groups is 3. The van der Waals surface area contributed by atoms with Crippen molar-refractivity contribution in [1.29, 1.82) is 0 Å². The minimum Gasteiger partial charge on any atom is -0.484 e. The van der Waals surface area contributed by atoms with Crippen LogP contribution in [0.15, 0.2) is 48.5 Å². The molecule has 7 nitrogen and oxygen atoms in total. The predicted molar refractivity (Wildman–Crippen MR) is 122 cm³/mol. The highest BCUT2D eigenvalue weighted by atomic mass is 16.5. The molecule has 0 aliphatic rings. The largest absolute Gasteiger partial charge is 0.484 e. The maximum absolute atomic E-state index is 12.5. The highest BCUT2D eigenvalue weighted by Crippen LogP contribution is 2.24. The highest BCUT2D eigenvalue weighted by molar-refractivity contribution is 5.95. The van der Waals surface area contributed by atoms with Crippen LogP contribution >= 0.6 is 0 Å². The fraction of sp³-hybridized carbons (Fsp3) is 0.375. The van der Waals surface area contributed by atoms with Crippen LogP contribution in [0.25, 0.3) is 0 Å². The quantitative estimate of drug-likeness (QED) is 0.673. The van der Waals surface area contributed by atoms with E-state index in [-0.39, 0.29) is 36.3 Å². The van der Waals surface area contributed by atoms with Crippen LogP contribution < -0.4 is 15.4 Å². The van der Waals surface area contributed by atoms with Crippen molar-refractivity contribution in [3.05, 3.63) is 54.1 Å². The smallest absolute Gasteiger partial charge is 0.260 e. The van der Waals surface area contributed by atoms with Gasteiger partial charge in [-0.2, -0.15) is 0 Å². The maximum Gasteiger partial charge on any atom is 0.260 e. The van der Waals surface area contributed by atoms with E-state index in [4.69, 9.17) is 4.74 Å². The number of anilines is 2. The molecule has 0 aliphatic heterocycles. The van der Waals surface area contributed by atoms with Crippen molar-refractivity contribution in [3.63, 3.8) is 0 Å². The van der Waals surface area contributed by atoms with Crippen molar-refractivity contribution in [2.45, 2.75) is 40.0 Å². The Balaban J connectivity index is 1.86. The second kappa shape index (κ2) is 10.6. The Bertz CT molecular complexity index is 900. The third-order valence-electron chi connectivity index (χ3n) is 4.64. The fourth-order valence-electron chi connectivity index (χ4n) is 2.88. The molecule has 0 atom stereocenters. The van der Waals surface area contributed by atoms with Gasteiger partial charge in [0.2, 0.25) is 11.8 Å². The molecule has 2 aromatic rings. The van der Waals surface area contributed by atoms with Gasteiger partial charge in [-0.3, -0.25) is 14.4 Å². The Morgan fingerprint density at radius 3 is 1.94 bits per heavy atom. The molecule has 0 radical (unpaired) electrons. The lowest BCUT2D eigenvalue weighted by atomic mass is 9.87. The Morgan fingerprint density at radius 2 is 1.45 bits per heavy atom. The van der Waals surface area contributed by atoms with Gasteiger partial charge in [0.1, 0.15) is 5.75 Å². The molecule has 0 spiro atoms. The zero-order chi connectivity index (χ0) is 23.0. The average Bonchev–Trinajstić information content (AvgIpc) is 2.71.